The summed E-state index contributed by atoms with van der Waals surface area (Å²) in [6.07, 6.45) is -4.73. The second-order valence-corrected chi connectivity index (χ2v) is 4.36. The Morgan fingerprint density at radius 3 is 2.53 bits per heavy atom. The van der Waals surface area contributed by atoms with Gasteiger partial charge < -0.3 is 15.4 Å². The Morgan fingerprint density at radius 1 is 1.26 bits per heavy atom. The highest BCUT2D eigenvalue weighted by Crippen LogP contribution is 2.32. The fraction of sp³-hybridized carbons (Fsp3) is 0.455. The topological polar surface area (TPSA) is 33.3 Å². The van der Waals surface area contributed by atoms with E-state index in [0.717, 1.165) is 25.2 Å². The maximum atomic E-state index is 12.1. The predicted octanol–water partition coefficient (Wildman–Crippen LogP) is 2.89. The van der Waals surface area contributed by atoms with Crippen molar-refractivity contribution < 1.29 is 17.9 Å². The lowest BCUT2D eigenvalue weighted by Gasteiger charge is -2.25. The first-order chi connectivity index (χ1) is 8.46. The van der Waals surface area contributed by atoms with Crippen LogP contribution in [-0.2, 0) is 0 Å². The van der Waals surface area contributed by atoms with Gasteiger partial charge in [0.25, 0.3) is 0 Å². The molecule has 0 unspecified atom stereocenters. The minimum atomic E-state index is -4.73. The first-order valence-electron chi connectivity index (χ1n) is 5.45. The van der Waals surface area contributed by atoms with Gasteiger partial charge in [-0.1, -0.05) is 17.7 Å². The Balaban J connectivity index is 0.00000180. The van der Waals surface area contributed by atoms with Gasteiger partial charge in [-0.2, -0.15) is 0 Å². The van der Waals surface area contributed by atoms with Crippen molar-refractivity contribution in [2.24, 2.45) is 0 Å². The van der Waals surface area contributed by atoms with Crippen molar-refractivity contribution in [3.63, 3.8) is 0 Å². The summed E-state index contributed by atoms with van der Waals surface area (Å²) in [5, 5.41) is 6.39. The highest BCUT2D eigenvalue weighted by Gasteiger charge is 2.32. The maximum Gasteiger partial charge on any atom is 0.573 e. The van der Waals surface area contributed by atoms with E-state index in [4.69, 9.17) is 11.6 Å². The molecule has 1 aliphatic heterocycles. The molecule has 2 N–H and O–H groups in total. The van der Waals surface area contributed by atoms with Gasteiger partial charge in [-0.25, -0.2) is 0 Å². The number of hydrogen-bond donors (Lipinski definition) is 2. The molecule has 1 aromatic carbocycles. The number of piperazine rings is 1. The summed E-state index contributed by atoms with van der Waals surface area (Å²) in [6, 6.07) is 4.36. The second-order valence-electron chi connectivity index (χ2n) is 3.95. The van der Waals surface area contributed by atoms with E-state index < -0.39 is 6.36 Å². The predicted molar refractivity (Wildman–Crippen MR) is 69.0 cm³/mol. The monoisotopic (exact) mass is 316 g/mol. The van der Waals surface area contributed by atoms with Gasteiger partial charge in [0.2, 0.25) is 0 Å². The molecule has 108 valence electrons. The summed E-state index contributed by atoms with van der Waals surface area (Å²) in [7, 11) is 0. The Bertz CT molecular complexity index is 423. The summed E-state index contributed by atoms with van der Waals surface area (Å²) in [4.78, 5) is 0. The van der Waals surface area contributed by atoms with Crippen LogP contribution in [0.2, 0.25) is 5.02 Å². The summed E-state index contributed by atoms with van der Waals surface area (Å²) < 4.78 is 40.0. The molecule has 1 heterocycles. The van der Waals surface area contributed by atoms with Crippen molar-refractivity contribution in [3.05, 3.63) is 28.8 Å². The fourth-order valence-electron chi connectivity index (χ4n) is 1.83. The van der Waals surface area contributed by atoms with Crippen LogP contribution in [0.5, 0.6) is 5.75 Å². The van der Waals surface area contributed by atoms with Gasteiger partial charge in [-0.05, 0) is 17.7 Å². The lowest BCUT2D eigenvalue weighted by atomic mass is 10.1. The molecule has 0 amide bonds. The van der Waals surface area contributed by atoms with E-state index in [0.29, 0.717) is 0 Å². The molecule has 0 saturated carbocycles. The highest BCUT2D eigenvalue weighted by molar-refractivity contribution is 6.32. The van der Waals surface area contributed by atoms with Crippen molar-refractivity contribution in [3.8, 4) is 5.75 Å². The third-order valence-corrected chi connectivity index (χ3v) is 2.92. The Morgan fingerprint density at radius 2 is 2.00 bits per heavy atom. The number of nitrogens with one attached hydrogen (secondary N) is 2. The van der Waals surface area contributed by atoms with Gasteiger partial charge >= 0.3 is 6.36 Å². The molecule has 1 saturated heterocycles. The SMILES string of the molecule is Cl.FC(F)(F)Oc1ccc([C@H]2CNCCN2)cc1Cl. The minimum Gasteiger partial charge on any atom is -0.404 e. The molecule has 19 heavy (non-hydrogen) atoms. The molecule has 1 aliphatic rings. The molecule has 0 aromatic heterocycles. The highest BCUT2D eigenvalue weighted by atomic mass is 35.5. The van der Waals surface area contributed by atoms with Gasteiger partial charge in [-0.3, -0.25) is 0 Å². The average molecular weight is 317 g/mol. The standard InChI is InChI=1S/C11H12ClF3N2O.ClH/c12-8-5-7(9-6-16-3-4-17-9)1-2-10(8)18-11(13,14)15;/h1-2,5,9,16-17H,3-4,6H2;1H/t9-;/m1./s1. The van der Waals surface area contributed by atoms with Crippen LogP contribution in [0, 0.1) is 0 Å². The first-order valence-corrected chi connectivity index (χ1v) is 5.83. The largest absolute Gasteiger partial charge is 0.573 e. The lowest BCUT2D eigenvalue weighted by molar-refractivity contribution is -0.274. The lowest BCUT2D eigenvalue weighted by Crippen LogP contribution is -2.42. The normalized spacial score (nSPS) is 19.7. The molecule has 1 fully saturated rings. The van der Waals surface area contributed by atoms with E-state index in [1.807, 2.05) is 0 Å². The van der Waals surface area contributed by atoms with Gasteiger partial charge in [0, 0.05) is 25.7 Å². The van der Waals surface area contributed by atoms with Crippen LogP contribution in [-0.4, -0.2) is 26.0 Å². The van der Waals surface area contributed by atoms with Crippen molar-refractivity contribution >= 4 is 24.0 Å². The molecule has 8 heteroatoms. The Hall–Kier alpha value is -0.690. The van der Waals surface area contributed by atoms with Crippen LogP contribution in [0.1, 0.15) is 11.6 Å². The molecule has 0 spiro atoms. The quantitative estimate of drug-likeness (QED) is 0.880. The Labute approximate surface area is 119 Å². The number of alkyl halides is 3. The van der Waals surface area contributed by atoms with Crippen LogP contribution < -0.4 is 15.4 Å². The molecular weight excluding hydrogens is 304 g/mol. The minimum absolute atomic E-state index is 0. The van der Waals surface area contributed by atoms with E-state index in [-0.39, 0.29) is 29.2 Å². The number of benzene rings is 1. The maximum absolute atomic E-state index is 12.1. The van der Waals surface area contributed by atoms with Crippen LogP contribution in [0.15, 0.2) is 18.2 Å². The zero-order valence-electron chi connectivity index (χ0n) is 9.76. The zero-order chi connectivity index (χ0) is 13.2. The Kier molecular flexibility index (Phi) is 5.73. The molecule has 0 aliphatic carbocycles. The third kappa shape index (κ3) is 4.72. The van der Waals surface area contributed by atoms with Crippen molar-refractivity contribution in [2.75, 3.05) is 19.6 Å². The summed E-state index contributed by atoms with van der Waals surface area (Å²) in [5.74, 6) is -0.378. The molecule has 3 nitrogen and oxygen atoms in total. The van der Waals surface area contributed by atoms with Gasteiger partial charge in [0.1, 0.15) is 5.75 Å². The van der Waals surface area contributed by atoms with Crippen LogP contribution in [0.4, 0.5) is 13.2 Å². The van der Waals surface area contributed by atoms with E-state index in [1.54, 1.807) is 6.07 Å². The summed E-state index contributed by atoms with van der Waals surface area (Å²) >= 11 is 5.78. The second kappa shape index (κ2) is 6.65. The van der Waals surface area contributed by atoms with Gasteiger partial charge in [0.05, 0.1) is 5.02 Å². The molecular formula is C11H13Cl2F3N2O. The molecule has 2 rings (SSSR count). The van der Waals surface area contributed by atoms with Crippen molar-refractivity contribution in [1.82, 2.24) is 10.6 Å². The van der Waals surface area contributed by atoms with E-state index in [1.165, 1.54) is 12.1 Å². The molecule has 0 radical (unpaired) electrons. The van der Waals surface area contributed by atoms with Crippen molar-refractivity contribution in [1.29, 1.82) is 0 Å². The van der Waals surface area contributed by atoms with Crippen molar-refractivity contribution in [2.45, 2.75) is 12.4 Å². The van der Waals surface area contributed by atoms with Gasteiger partial charge in [0.15, 0.2) is 0 Å². The zero-order valence-corrected chi connectivity index (χ0v) is 11.3. The first kappa shape index (κ1) is 16.4. The van der Waals surface area contributed by atoms with Crippen LogP contribution >= 0.6 is 24.0 Å². The number of ether oxygens (including phenoxy) is 1. The van der Waals surface area contributed by atoms with E-state index in [2.05, 4.69) is 15.4 Å². The number of rotatable bonds is 2. The molecule has 0 bridgehead atoms. The van der Waals surface area contributed by atoms with E-state index >= 15 is 0 Å². The van der Waals surface area contributed by atoms with Crippen LogP contribution in [0.3, 0.4) is 0 Å². The average Bonchev–Trinajstić information content (AvgIpc) is 2.31. The third-order valence-electron chi connectivity index (χ3n) is 2.62. The summed E-state index contributed by atoms with van der Waals surface area (Å²) in [5.41, 5.74) is 0.835. The number of hydrogen-bond acceptors (Lipinski definition) is 3. The van der Waals surface area contributed by atoms with E-state index in [9.17, 15) is 13.2 Å². The molecule has 1 atom stereocenters. The van der Waals surface area contributed by atoms with Crippen LogP contribution in [0.25, 0.3) is 0 Å². The smallest absolute Gasteiger partial charge is 0.404 e. The number of halogens is 5. The molecule has 1 aromatic rings. The summed E-state index contributed by atoms with van der Waals surface area (Å²) in [6.45, 7) is 2.40. The van der Waals surface area contributed by atoms with Gasteiger partial charge in [-0.15, -0.1) is 25.6 Å². The fourth-order valence-corrected chi connectivity index (χ4v) is 2.06.